The van der Waals surface area contributed by atoms with E-state index in [1.165, 1.54) is 11.8 Å². The summed E-state index contributed by atoms with van der Waals surface area (Å²) in [6.45, 7) is 4.60. The molecule has 0 saturated carbocycles. The topological polar surface area (TPSA) is 80.0 Å². The van der Waals surface area contributed by atoms with Crippen LogP contribution in [-0.2, 0) is 17.8 Å². The zero-order valence-corrected chi connectivity index (χ0v) is 19.5. The Balaban J connectivity index is 1.57. The number of amides is 1. The second-order valence-corrected chi connectivity index (χ2v) is 8.64. The molecule has 0 aliphatic rings. The molecule has 7 heteroatoms. The Morgan fingerprint density at radius 3 is 2.52 bits per heavy atom. The predicted molar refractivity (Wildman–Crippen MR) is 133 cm³/mol. The predicted octanol–water partition coefficient (Wildman–Crippen LogP) is 5.30. The van der Waals surface area contributed by atoms with Crippen LogP contribution < -0.4 is 5.32 Å². The van der Waals surface area contributed by atoms with Crippen LogP contribution in [0.5, 0.6) is 5.75 Å². The number of rotatable bonds is 8. The molecule has 0 fully saturated rings. The van der Waals surface area contributed by atoms with Gasteiger partial charge in [-0.3, -0.25) is 9.36 Å². The fourth-order valence-electron chi connectivity index (χ4n) is 3.67. The van der Waals surface area contributed by atoms with E-state index in [9.17, 15) is 9.90 Å². The number of anilines is 1. The Morgan fingerprint density at radius 2 is 1.76 bits per heavy atom. The Kier molecular flexibility index (Phi) is 7.10. The minimum Gasteiger partial charge on any atom is -0.507 e. The van der Waals surface area contributed by atoms with Gasteiger partial charge in [0, 0.05) is 5.69 Å². The molecule has 2 N–H and O–H groups in total. The lowest BCUT2D eigenvalue weighted by Gasteiger charge is -2.13. The summed E-state index contributed by atoms with van der Waals surface area (Å²) in [7, 11) is 0. The molecule has 0 radical (unpaired) electrons. The van der Waals surface area contributed by atoms with E-state index in [1.807, 2.05) is 72.2 Å². The van der Waals surface area contributed by atoms with E-state index in [0.717, 1.165) is 28.8 Å². The van der Waals surface area contributed by atoms with Gasteiger partial charge in [0.15, 0.2) is 11.0 Å². The Labute approximate surface area is 197 Å². The summed E-state index contributed by atoms with van der Waals surface area (Å²) in [4.78, 5) is 12.8. The van der Waals surface area contributed by atoms with Gasteiger partial charge in [0.05, 0.1) is 17.9 Å². The molecule has 0 saturated heterocycles. The number of hydrogen-bond acceptors (Lipinski definition) is 5. The maximum atomic E-state index is 12.8. The monoisotopic (exact) mass is 458 g/mol. The van der Waals surface area contributed by atoms with Crippen LogP contribution in [0, 0.1) is 6.92 Å². The highest BCUT2D eigenvalue weighted by Crippen LogP contribution is 2.31. The van der Waals surface area contributed by atoms with Gasteiger partial charge in [-0.15, -0.1) is 10.2 Å². The molecule has 33 heavy (non-hydrogen) atoms. The van der Waals surface area contributed by atoms with Crippen molar-refractivity contribution in [2.45, 2.75) is 32.0 Å². The number of aromatic nitrogens is 3. The first kappa shape index (κ1) is 22.6. The van der Waals surface area contributed by atoms with Gasteiger partial charge in [-0.1, -0.05) is 79.3 Å². The SMILES string of the molecule is CCc1cccc(C)c1NC(=O)CSc1nnc(-c2ccccc2O)n1Cc1ccccc1. The van der Waals surface area contributed by atoms with E-state index in [2.05, 4.69) is 22.4 Å². The minimum atomic E-state index is -0.0950. The first-order chi connectivity index (χ1) is 16.1. The largest absolute Gasteiger partial charge is 0.507 e. The molecule has 1 heterocycles. The van der Waals surface area contributed by atoms with Crippen LogP contribution in [0.25, 0.3) is 11.4 Å². The highest BCUT2D eigenvalue weighted by molar-refractivity contribution is 7.99. The number of aryl methyl sites for hydroxylation is 2. The zero-order chi connectivity index (χ0) is 23.2. The quantitative estimate of drug-likeness (QED) is 0.350. The lowest BCUT2D eigenvalue weighted by Crippen LogP contribution is -2.17. The third-order valence-corrected chi connectivity index (χ3v) is 6.35. The van der Waals surface area contributed by atoms with Gasteiger partial charge in [-0.25, -0.2) is 0 Å². The molecule has 0 unspecified atom stereocenters. The van der Waals surface area contributed by atoms with Gasteiger partial charge in [-0.2, -0.15) is 0 Å². The van der Waals surface area contributed by atoms with E-state index < -0.39 is 0 Å². The fourth-order valence-corrected chi connectivity index (χ4v) is 4.41. The number of hydrogen-bond donors (Lipinski definition) is 2. The van der Waals surface area contributed by atoms with Crippen LogP contribution in [0.3, 0.4) is 0 Å². The number of carbonyl (C=O) groups excluding carboxylic acids is 1. The van der Waals surface area contributed by atoms with Crippen molar-refractivity contribution in [3.63, 3.8) is 0 Å². The summed E-state index contributed by atoms with van der Waals surface area (Å²) in [5.41, 5.74) is 4.72. The van der Waals surface area contributed by atoms with Gasteiger partial charge in [-0.05, 0) is 42.2 Å². The van der Waals surface area contributed by atoms with Crippen LogP contribution in [0.2, 0.25) is 0 Å². The van der Waals surface area contributed by atoms with Crippen LogP contribution in [0.4, 0.5) is 5.69 Å². The van der Waals surface area contributed by atoms with Crippen molar-refractivity contribution in [3.05, 3.63) is 89.5 Å². The Hall–Kier alpha value is -3.58. The summed E-state index contributed by atoms with van der Waals surface area (Å²) in [5.74, 6) is 0.806. The highest BCUT2D eigenvalue weighted by atomic mass is 32.2. The van der Waals surface area contributed by atoms with E-state index in [1.54, 1.807) is 12.1 Å². The smallest absolute Gasteiger partial charge is 0.234 e. The first-order valence-electron chi connectivity index (χ1n) is 10.8. The number of nitrogens with zero attached hydrogens (tertiary/aromatic N) is 3. The van der Waals surface area contributed by atoms with Crippen LogP contribution in [0.15, 0.2) is 78.0 Å². The second-order valence-electron chi connectivity index (χ2n) is 7.69. The fraction of sp³-hybridized carbons (Fsp3) is 0.192. The third kappa shape index (κ3) is 5.26. The number of thioether (sulfide) groups is 1. The summed E-state index contributed by atoms with van der Waals surface area (Å²) >= 11 is 1.33. The van der Waals surface area contributed by atoms with E-state index in [-0.39, 0.29) is 17.4 Å². The van der Waals surface area contributed by atoms with Crippen molar-refractivity contribution in [3.8, 4) is 17.1 Å². The second kappa shape index (κ2) is 10.4. The molecule has 4 aromatic rings. The molecule has 0 aliphatic carbocycles. The Morgan fingerprint density at radius 1 is 1.00 bits per heavy atom. The lowest BCUT2D eigenvalue weighted by molar-refractivity contribution is -0.113. The number of benzene rings is 3. The summed E-state index contributed by atoms with van der Waals surface area (Å²) in [6, 6.07) is 23.1. The van der Waals surface area contributed by atoms with Crippen molar-refractivity contribution in [2.24, 2.45) is 0 Å². The number of carbonyl (C=O) groups is 1. The van der Waals surface area contributed by atoms with E-state index >= 15 is 0 Å². The maximum Gasteiger partial charge on any atom is 0.234 e. The molecule has 3 aromatic carbocycles. The van der Waals surface area contributed by atoms with Crippen molar-refractivity contribution in [1.29, 1.82) is 0 Å². The number of nitrogens with one attached hydrogen (secondary N) is 1. The van der Waals surface area contributed by atoms with E-state index in [4.69, 9.17) is 0 Å². The van der Waals surface area contributed by atoms with Gasteiger partial charge in [0.2, 0.25) is 5.91 Å². The van der Waals surface area contributed by atoms with Gasteiger partial charge in [0.25, 0.3) is 0 Å². The maximum absolute atomic E-state index is 12.8. The lowest BCUT2D eigenvalue weighted by atomic mass is 10.1. The van der Waals surface area contributed by atoms with Gasteiger partial charge >= 0.3 is 0 Å². The molecule has 6 nitrogen and oxygen atoms in total. The molecular weight excluding hydrogens is 432 g/mol. The third-order valence-electron chi connectivity index (χ3n) is 5.38. The van der Waals surface area contributed by atoms with Gasteiger partial charge < -0.3 is 10.4 Å². The van der Waals surface area contributed by atoms with E-state index in [0.29, 0.717) is 23.1 Å². The van der Waals surface area contributed by atoms with Crippen LogP contribution in [0.1, 0.15) is 23.6 Å². The molecule has 1 amide bonds. The molecule has 0 atom stereocenters. The van der Waals surface area contributed by atoms with Crippen LogP contribution >= 0.6 is 11.8 Å². The molecule has 0 aliphatic heterocycles. The minimum absolute atomic E-state index is 0.0950. The number of para-hydroxylation sites is 2. The average molecular weight is 459 g/mol. The number of aromatic hydroxyl groups is 1. The van der Waals surface area contributed by atoms with Crippen LogP contribution in [-0.4, -0.2) is 31.5 Å². The number of phenolic OH excluding ortho intramolecular Hbond substituents is 1. The standard InChI is InChI=1S/C26H26N4O2S/c1-3-20-13-9-10-18(2)24(20)27-23(32)17-33-26-29-28-25(21-14-7-8-15-22(21)31)30(26)16-19-11-5-4-6-12-19/h4-15,31H,3,16-17H2,1-2H3,(H,27,32). The molecule has 168 valence electrons. The van der Waals surface area contributed by atoms with Gasteiger partial charge in [0.1, 0.15) is 5.75 Å². The van der Waals surface area contributed by atoms with Crippen molar-refractivity contribution in [2.75, 3.05) is 11.1 Å². The zero-order valence-electron chi connectivity index (χ0n) is 18.7. The Bertz CT molecular complexity index is 1250. The number of phenols is 1. The molecule has 0 spiro atoms. The van der Waals surface area contributed by atoms with Crippen molar-refractivity contribution >= 4 is 23.4 Å². The average Bonchev–Trinajstić information content (AvgIpc) is 3.22. The van der Waals surface area contributed by atoms with Crippen molar-refractivity contribution in [1.82, 2.24) is 14.8 Å². The summed E-state index contributed by atoms with van der Waals surface area (Å²) < 4.78 is 1.94. The first-order valence-corrected chi connectivity index (χ1v) is 11.8. The summed E-state index contributed by atoms with van der Waals surface area (Å²) in [5, 5.41) is 22.7. The molecular formula is C26H26N4O2S. The van der Waals surface area contributed by atoms with Crippen molar-refractivity contribution < 1.29 is 9.90 Å². The highest BCUT2D eigenvalue weighted by Gasteiger charge is 2.18. The normalized spacial score (nSPS) is 10.8. The summed E-state index contributed by atoms with van der Waals surface area (Å²) in [6.07, 6.45) is 0.847. The molecule has 4 rings (SSSR count). The molecule has 1 aromatic heterocycles. The molecule has 0 bridgehead atoms.